The maximum absolute atomic E-state index is 12.6. The molecule has 1 amide bonds. The van der Waals surface area contributed by atoms with E-state index in [9.17, 15) is 18.0 Å². The van der Waals surface area contributed by atoms with E-state index < -0.39 is 12.1 Å². The van der Waals surface area contributed by atoms with Crippen molar-refractivity contribution >= 4 is 17.6 Å². The van der Waals surface area contributed by atoms with Crippen LogP contribution in [0.2, 0.25) is 0 Å². The first-order valence-electron chi connectivity index (χ1n) is 11.4. The Morgan fingerprint density at radius 1 is 0.973 bits per heavy atom. The minimum absolute atomic E-state index is 0.225. The zero-order chi connectivity index (χ0) is 26.8. The van der Waals surface area contributed by atoms with E-state index in [1.807, 2.05) is 18.2 Å². The topological polar surface area (TPSA) is 105 Å². The van der Waals surface area contributed by atoms with Crippen LogP contribution in [0.15, 0.2) is 72.8 Å². The average molecular weight is 511 g/mol. The number of halogens is 3. The van der Waals surface area contributed by atoms with Crippen LogP contribution in [0.25, 0.3) is 11.1 Å². The van der Waals surface area contributed by atoms with Crippen LogP contribution in [-0.2, 0) is 11.3 Å². The quantitative estimate of drug-likeness (QED) is 0.466. The summed E-state index contributed by atoms with van der Waals surface area (Å²) >= 11 is 0. The molecule has 192 valence electrons. The van der Waals surface area contributed by atoms with Gasteiger partial charge < -0.3 is 15.7 Å². The highest BCUT2D eigenvalue weighted by Crippen LogP contribution is 2.24. The number of carboxylic acids is 1. The van der Waals surface area contributed by atoms with Gasteiger partial charge in [-0.15, -0.1) is 0 Å². The summed E-state index contributed by atoms with van der Waals surface area (Å²) in [6.45, 7) is 5.16. The highest BCUT2D eigenvalue weighted by atomic mass is 19.4. The number of benzene rings is 3. The van der Waals surface area contributed by atoms with Crippen molar-refractivity contribution in [2.75, 3.05) is 31.5 Å². The molecule has 1 saturated heterocycles. The zero-order valence-electron chi connectivity index (χ0n) is 19.8. The molecule has 4 rings (SSSR count). The van der Waals surface area contributed by atoms with Gasteiger partial charge in [0.25, 0.3) is 5.91 Å². The second kappa shape index (κ2) is 12.7. The third-order valence-corrected chi connectivity index (χ3v) is 5.49. The molecule has 1 aliphatic heterocycles. The molecule has 1 fully saturated rings. The molecule has 37 heavy (non-hydrogen) atoms. The highest BCUT2D eigenvalue weighted by Gasteiger charge is 2.38. The van der Waals surface area contributed by atoms with Crippen LogP contribution in [0.3, 0.4) is 0 Å². The lowest BCUT2D eigenvalue weighted by Crippen LogP contribution is -2.42. The SMILES string of the molecule is N#Cc1cccc(C(=O)Nc2cccc(-c3cccc(CN4CCNCC4)c3)c2)c1.O=C(O)C(F)(F)F. The van der Waals surface area contributed by atoms with Crippen molar-refractivity contribution in [3.05, 3.63) is 89.5 Å². The van der Waals surface area contributed by atoms with E-state index in [4.69, 9.17) is 15.2 Å². The van der Waals surface area contributed by atoms with Gasteiger partial charge in [0, 0.05) is 44.0 Å². The normalized spacial score (nSPS) is 13.6. The number of nitrogens with one attached hydrogen (secondary N) is 2. The van der Waals surface area contributed by atoms with Crippen molar-refractivity contribution in [2.45, 2.75) is 12.7 Å². The lowest BCUT2D eigenvalue weighted by Gasteiger charge is -2.27. The molecular formula is C27H25F3N4O3. The summed E-state index contributed by atoms with van der Waals surface area (Å²) in [5.74, 6) is -2.98. The smallest absolute Gasteiger partial charge is 0.475 e. The first kappa shape index (κ1) is 27.4. The molecule has 10 heteroatoms. The first-order chi connectivity index (χ1) is 17.7. The van der Waals surface area contributed by atoms with Gasteiger partial charge in [-0.05, 0) is 53.1 Å². The van der Waals surface area contributed by atoms with Crippen LogP contribution in [0.4, 0.5) is 18.9 Å². The predicted octanol–water partition coefficient (Wildman–Crippen LogP) is 4.52. The molecule has 0 spiro atoms. The molecule has 0 aliphatic carbocycles. The van der Waals surface area contributed by atoms with Gasteiger partial charge in [0.15, 0.2) is 0 Å². The minimum atomic E-state index is -5.08. The summed E-state index contributed by atoms with van der Waals surface area (Å²) in [5.41, 5.74) is 5.14. The largest absolute Gasteiger partial charge is 0.490 e. The van der Waals surface area contributed by atoms with E-state index >= 15 is 0 Å². The number of hydrogen-bond donors (Lipinski definition) is 3. The van der Waals surface area contributed by atoms with Crippen LogP contribution in [0, 0.1) is 11.3 Å². The second-order valence-electron chi connectivity index (χ2n) is 8.26. The molecule has 3 N–H and O–H groups in total. The van der Waals surface area contributed by atoms with E-state index in [1.165, 1.54) is 5.56 Å². The van der Waals surface area contributed by atoms with Gasteiger partial charge in [0.2, 0.25) is 0 Å². The zero-order valence-corrected chi connectivity index (χ0v) is 19.8. The van der Waals surface area contributed by atoms with E-state index in [-0.39, 0.29) is 5.91 Å². The molecule has 3 aromatic carbocycles. The van der Waals surface area contributed by atoms with Crippen LogP contribution >= 0.6 is 0 Å². The van der Waals surface area contributed by atoms with Crippen molar-refractivity contribution < 1.29 is 27.9 Å². The lowest BCUT2D eigenvalue weighted by atomic mass is 10.0. The molecule has 1 aliphatic rings. The van der Waals surface area contributed by atoms with Gasteiger partial charge in [0.05, 0.1) is 11.6 Å². The number of carbonyl (C=O) groups is 2. The van der Waals surface area contributed by atoms with Crippen LogP contribution in [0.5, 0.6) is 0 Å². The Bertz CT molecular complexity index is 1280. The van der Waals surface area contributed by atoms with Crippen molar-refractivity contribution in [3.63, 3.8) is 0 Å². The molecule has 0 atom stereocenters. The van der Waals surface area contributed by atoms with Gasteiger partial charge in [-0.3, -0.25) is 9.69 Å². The van der Waals surface area contributed by atoms with E-state index in [0.29, 0.717) is 11.1 Å². The maximum Gasteiger partial charge on any atom is 0.490 e. The molecule has 1 heterocycles. The van der Waals surface area contributed by atoms with Crippen molar-refractivity contribution in [1.29, 1.82) is 5.26 Å². The number of hydrogen-bond acceptors (Lipinski definition) is 5. The van der Waals surface area contributed by atoms with Crippen LogP contribution in [-0.4, -0.2) is 54.2 Å². The Hall–Kier alpha value is -4.20. The van der Waals surface area contributed by atoms with Gasteiger partial charge in [-0.2, -0.15) is 18.4 Å². The van der Waals surface area contributed by atoms with E-state index in [0.717, 1.165) is 49.5 Å². The summed E-state index contributed by atoms with van der Waals surface area (Å²) in [4.78, 5) is 23.9. The van der Waals surface area contributed by atoms with Crippen molar-refractivity contribution in [1.82, 2.24) is 10.2 Å². The third kappa shape index (κ3) is 8.45. The molecule has 0 aromatic heterocycles. The number of amides is 1. The Labute approximate surface area is 212 Å². The molecule has 3 aromatic rings. The summed E-state index contributed by atoms with van der Waals surface area (Å²) in [6.07, 6.45) is -5.08. The summed E-state index contributed by atoms with van der Waals surface area (Å²) in [6, 6.07) is 25.2. The Kier molecular flexibility index (Phi) is 9.38. The minimum Gasteiger partial charge on any atom is -0.475 e. The Balaban J connectivity index is 0.000000479. The fraction of sp³-hybridized carbons (Fsp3) is 0.222. The van der Waals surface area contributed by atoms with Gasteiger partial charge in [0.1, 0.15) is 0 Å². The van der Waals surface area contributed by atoms with Crippen LogP contribution < -0.4 is 10.6 Å². The van der Waals surface area contributed by atoms with Crippen molar-refractivity contribution in [2.24, 2.45) is 0 Å². The molecular weight excluding hydrogens is 485 g/mol. The second-order valence-corrected chi connectivity index (χ2v) is 8.26. The standard InChI is InChI=1S/C25H24N4O.C2HF3O2/c26-17-19-4-1-8-23(14-19)25(30)28-24-9-3-7-22(16-24)21-6-2-5-20(15-21)18-29-12-10-27-11-13-29;3-2(4,5)1(6)7/h1-9,14-16,27H,10-13,18H2,(H,28,30);(H,6,7). The highest BCUT2D eigenvalue weighted by molar-refractivity contribution is 6.04. The molecule has 0 unspecified atom stereocenters. The fourth-order valence-corrected chi connectivity index (χ4v) is 3.69. The monoisotopic (exact) mass is 510 g/mol. The number of aliphatic carboxylic acids is 1. The Morgan fingerprint density at radius 2 is 1.59 bits per heavy atom. The number of piperazine rings is 1. The molecule has 7 nitrogen and oxygen atoms in total. The molecule has 0 saturated carbocycles. The van der Waals surface area contributed by atoms with E-state index in [1.54, 1.807) is 24.3 Å². The number of alkyl halides is 3. The Morgan fingerprint density at radius 3 is 2.24 bits per heavy atom. The first-order valence-corrected chi connectivity index (χ1v) is 11.4. The van der Waals surface area contributed by atoms with Gasteiger partial charge in [-0.1, -0.05) is 36.4 Å². The lowest BCUT2D eigenvalue weighted by molar-refractivity contribution is -0.192. The van der Waals surface area contributed by atoms with Gasteiger partial charge in [-0.25, -0.2) is 4.79 Å². The van der Waals surface area contributed by atoms with Crippen LogP contribution in [0.1, 0.15) is 21.5 Å². The van der Waals surface area contributed by atoms with Crippen molar-refractivity contribution in [3.8, 4) is 17.2 Å². The van der Waals surface area contributed by atoms with Gasteiger partial charge >= 0.3 is 12.1 Å². The predicted molar refractivity (Wildman–Crippen MR) is 133 cm³/mol. The number of carbonyl (C=O) groups excluding carboxylic acids is 1. The van der Waals surface area contributed by atoms with E-state index in [2.05, 4.69) is 51.9 Å². The maximum atomic E-state index is 12.6. The number of nitriles is 1. The molecule has 0 radical (unpaired) electrons. The third-order valence-electron chi connectivity index (χ3n) is 5.49. The molecule has 0 bridgehead atoms. The number of rotatable bonds is 5. The average Bonchev–Trinajstić information content (AvgIpc) is 2.89. The number of carboxylic acid groups (broad SMARTS) is 1. The fourth-order valence-electron chi connectivity index (χ4n) is 3.69. The summed E-state index contributed by atoms with van der Waals surface area (Å²) < 4.78 is 31.7. The summed E-state index contributed by atoms with van der Waals surface area (Å²) in [7, 11) is 0. The number of anilines is 1. The number of nitrogens with zero attached hydrogens (tertiary/aromatic N) is 2. The summed E-state index contributed by atoms with van der Waals surface area (Å²) in [5, 5.41) is 22.5.